The molecule has 0 aromatic rings. The molecule has 0 aromatic carbocycles. The van der Waals surface area contributed by atoms with Crippen LogP contribution in [0.15, 0.2) is 0 Å². The summed E-state index contributed by atoms with van der Waals surface area (Å²) in [6, 6.07) is 0.0751. The number of carbonyl (C=O) groups is 2. The van der Waals surface area contributed by atoms with E-state index in [1.807, 2.05) is 13.8 Å². The molecule has 0 spiro atoms. The minimum absolute atomic E-state index is 0.0136. The van der Waals surface area contributed by atoms with Crippen molar-refractivity contribution in [3.8, 4) is 0 Å². The van der Waals surface area contributed by atoms with E-state index in [4.69, 9.17) is 5.73 Å². The molecule has 1 aliphatic heterocycles. The highest BCUT2D eigenvalue weighted by atomic mass is 16.2. The maximum absolute atomic E-state index is 11.6. The van der Waals surface area contributed by atoms with Gasteiger partial charge in [-0.15, -0.1) is 0 Å². The van der Waals surface area contributed by atoms with Gasteiger partial charge in [-0.3, -0.25) is 9.59 Å². The Morgan fingerprint density at radius 3 is 2.81 bits per heavy atom. The van der Waals surface area contributed by atoms with Gasteiger partial charge in [-0.1, -0.05) is 0 Å². The lowest BCUT2D eigenvalue weighted by Gasteiger charge is -2.24. The van der Waals surface area contributed by atoms with Gasteiger partial charge in [0.15, 0.2) is 0 Å². The molecule has 1 fully saturated rings. The summed E-state index contributed by atoms with van der Waals surface area (Å²) in [5.74, 6) is 0.0771. The Labute approximate surface area is 96.1 Å². The maximum Gasteiger partial charge on any atom is 0.220 e. The Balaban J connectivity index is 2.22. The molecule has 92 valence electrons. The maximum atomic E-state index is 11.6. The first-order valence-corrected chi connectivity index (χ1v) is 5.72. The largest absolute Gasteiger partial charge is 0.354 e. The number of piperidine rings is 1. The van der Waals surface area contributed by atoms with E-state index in [2.05, 4.69) is 10.6 Å². The molecule has 0 saturated carbocycles. The fourth-order valence-corrected chi connectivity index (χ4v) is 1.59. The van der Waals surface area contributed by atoms with E-state index in [1.54, 1.807) is 0 Å². The molecule has 2 amide bonds. The number of carbonyl (C=O) groups excluding carboxylic acids is 2. The summed E-state index contributed by atoms with van der Waals surface area (Å²) in [6.07, 6.45) is 2.32. The van der Waals surface area contributed by atoms with Gasteiger partial charge in [0, 0.05) is 31.0 Å². The molecular formula is C11H21N3O2. The second-order valence-electron chi connectivity index (χ2n) is 5.10. The molecule has 1 aliphatic rings. The van der Waals surface area contributed by atoms with Gasteiger partial charge in [0.05, 0.1) is 0 Å². The van der Waals surface area contributed by atoms with Crippen molar-refractivity contribution in [1.82, 2.24) is 10.6 Å². The number of hydrogen-bond acceptors (Lipinski definition) is 3. The van der Waals surface area contributed by atoms with E-state index in [0.717, 1.165) is 6.42 Å². The molecule has 0 aromatic heterocycles. The second kappa shape index (κ2) is 5.30. The fourth-order valence-electron chi connectivity index (χ4n) is 1.59. The van der Waals surface area contributed by atoms with Crippen LogP contribution in [0.4, 0.5) is 0 Å². The van der Waals surface area contributed by atoms with Crippen molar-refractivity contribution in [1.29, 1.82) is 0 Å². The summed E-state index contributed by atoms with van der Waals surface area (Å²) in [6.45, 7) is 4.35. The minimum Gasteiger partial charge on any atom is -0.354 e. The zero-order chi connectivity index (χ0) is 12.2. The summed E-state index contributed by atoms with van der Waals surface area (Å²) < 4.78 is 0. The number of rotatable bonds is 4. The molecule has 0 aliphatic carbocycles. The number of nitrogens with one attached hydrogen (secondary N) is 2. The van der Waals surface area contributed by atoms with Crippen LogP contribution in [-0.2, 0) is 9.59 Å². The highest BCUT2D eigenvalue weighted by Gasteiger charge is 2.20. The summed E-state index contributed by atoms with van der Waals surface area (Å²) in [5, 5.41) is 5.63. The Kier molecular flexibility index (Phi) is 4.29. The van der Waals surface area contributed by atoms with Crippen molar-refractivity contribution < 1.29 is 9.59 Å². The van der Waals surface area contributed by atoms with Crippen molar-refractivity contribution in [2.75, 3.05) is 6.54 Å². The average Bonchev–Trinajstić information content (AvgIpc) is 2.18. The second-order valence-corrected chi connectivity index (χ2v) is 5.10. The lowest BCUT2D eigenvalue weighted by atomic mass is 9.99. The number of hydrogen-bond donors (Lipinski definition) is 3. The Morgan fingerprint density at radius 2 is 2.31 bits per heavy atom. The van der Waals surface area contributed by atoms with Gasteiger partial charge in [0.25, 0.3) is 0 Å². The van der Waals surface area contributed by atoms with Gasteiger partial charge in [-0.25, -0.2) is 0 Å². The lowest BCUT2D eigenvalue weighted by molar-refractivity contribution is -0.125. The number of nitrogens with two attached hydrogens (primary N) is 1. The highest BCUT2D eigenvalue weighted by Crippen LogP contribution is 2.08. The zero-order valence-corrected chi connectivity index (χ0v) is 10.0. The molecule has 1 saturated heterocycles. The van der Waals surface area contributed by atoms with Crippen molar-refractivity contribution in [2.24, 2.45) is 5.73 Å². The van der Waals surface area contributed by atoms with Crippen LogP contribution < -0.4 is 16.4 Å². The standard InChI is InChI=1S/C11H21N3O2/c1-11(2,12)6-5-10(16)14-8-3-4-9(15)13-7-8/h8H,3-7,12H2,1-2H3,(H,13,15)(H,14,16). The van der Waals surface area contributed by atoms with Crippen molar-refractivity contribution >= 4 is 11.8 Å². The molecular weight excluding hydrogens is 206 g/mol. The van der Waals surface area contributed by atoms with Crippen LogP contribution in [0.3, 0.4) is 0 Å². The highest BCUT2D eigenvalue weighted by molar-refractivity contribution is 5.79. The Hall–Kier alpha value is -1.10. The number of amides is 2. The molecule has 5 nitrogen and oxygen atoms in total. The molecule has 0 bridgehead atoms. The van der Waals surface area contributed by atoms with E-state index in [-0.39, 0.29) is 23.4 Å². The van der Waals surface area contributed by atoms with E-state index >= 15 is 0 Å². The molecule has 1 heterocycles. The van der Waals surface area contributed by atoms with E-state index in [0.29, 0.717) is 25.8 Å². The van der Waals surface area contributed by atoms with Gasteiger partial charge in [-0.05, 0) is 26.7 Å². The van der Waals surface area contributed by atoms with Crippen LogP contribution in [0.1, 0.15) is 39.5 Å². The Morgan fingerprint density at radius 1 is 1.62 bits per heavy atom. The third-order valence-corrected chi connectivity index (χ3v) is 2.63. The quantitative estimate of drug-likeness (QED) is 0.627. The van der Waals surface area contributed by atoms with Gasteiger partial charge < -0.3 is 16.4 Å². The first-order chi connectivity index (χ1) is 7.37. The first kappa shape index (κ1) is 13.0. The van der Waals surface area contributed by atoms with Crippen LogP contribution in [0, 0.1) is 0 Å². The fraction of sp³-hybridized carbons (Fsp3) is 0.818. The third kappa shape index (κ3) is 5.11. The van der Waals surface area contributed by atoms with E-state index in [1.165, 1.54) is 0 Å². The normalized spacial score (nSPS) is 21.4. The van der Waals surface area contributed by atoms with Gasteiger partial charge in [0.2, 0.25) is 11.8 Å². The molecule has 16 heavy (non-hydrogen) atoms. The molecule has 1 atom stereocenters. The van der Waals surface area contributed by atoms with Gasteiger partial charge in [-0.2, -0.15) is 0 Å². The van der Waals surface area contributed by atoms with Crippen LogP contribution in [-0.4, -0.2) is 29.9 Å². The van der Waals surface area contributed by atoms with Crippen LogP contribution in [0.2, 0.25) is 0 Å². The van der Waals surface area contributed by atoms with E-state index < -0.39 is 0 Å². The smallest absolute Gasteiger partial charge is 0.220 e. The van der Waals surface area contributed by atoms with Crippen molar-refractivity contribution in [2.45, 2.75) is 51.1 Å². The van der Waals surface area contributed by atoms with Crippen LogP contribution in [0.25, 0.3) is 0 Å². The predicted molar refractivity (Wildman–Crippen MR) is 61.7 cm³/mol. The van der Waals surface area contributed by atoms with Gasteiger partial charge >= 0.3 is 0 Å². The first-order valence-electron chi connectivity index (χ1n) is 5.72. The SMILES string of the molecule is CC(C)(N)CCC(=O)NC1CCC(=O)NC1. The molecule has 1 unspecified atom stereocenters. The molecule has 1 rings (SSSR count). The zero-order valence-electron chi connectivity index (χ0n) is 10.0. The molecule has 0 radical (unpaired) electrons. The third-order valence-electron chi connectivity index (χ3n) is 2.63. The Bertz CT molecular complexity index is 261. The van der Waals surface area contributed by atoms with Crippen molar-refractivity contribution in [3.63, 3.8) is 0 Å². The average molecular weight is 227 g/mol. The monoisotopic (exact) mass is 227 g/mol. The topological polar surface area (TPSA) is 84.2 Å². The molecule has 5 heteroatoms. The van der Waals surface area contributed by atoms with Crippen LogP contribution in [0.5, 0.6) is 0 Å². The summed E-state index contributed by atoms with van der Waals surface area (Å²) in [5.41, 5.74) is 5.49. The summed E-state index contributed by atoms with van der Waals surface area (Å²) >= 11 is 0. The summed E-state index contributed by atoms with van der Waals surface area (Å²) in [4.78, 5) is 22.5. The summed E-state index contributed by atoms with van der Waals surface area (Å²) in [7, 11) is 0. The predicted octanol–water partition coefficient (Wildman–Crippen LogP) is -0.101. The van der Waals surface area contributed by atoms with Crippen LogP contribution >= 0.6 is 0 Å². The molecule has 4 N–H and O–H groups in total. The minimum atomic E-state index is -0.307. The lowest BCUT2D eigenvalue weighted by Crippen LogP contribution is -2.48. The van der Waals surface area contributed by atoms with Crippen molar-refractivity contribution in [3.05, 3.63) is 0 Å². The van der Waals surface area contributed by atoms with E-state index in [9.17, 15) is 9.59 Å². The van der Waals surface area contributed by atoms with Gasteiger partial charge in [0.1, 0.15) is 0 Å².